The maximum absolute atomic E-state index is 11.5. The van der Waals surface area contributed by atoms with Gasteiger partial charge in [-0.05, 0) is 23.8 Å². The summed E-state index contributed by atoms with van der Waals surface area (Å²) in [7, 11) is 1.57. The third-order valence-electron chi connectivity index (χ3n) is 2.56. The van der Waals surface area contributed by atoms with Crippen LogP contribution in [0.25, 0.3) is 0 Å². The summed E-state index contributed by atoms with van der Waals surface area (Å²) in [6.45, 7) is 0. The van der Waals surface area contributed by atoms with Crippen molar-refractivity contribution in [2.24, 2.45) is 0 Å². The number of allylic oxidation sites excluding steroid dienone is 1. The predicted molar refractivity (Wildman–Crippen MR) is 55.9 cm³/mol. The SMILES string of the molecule is COc1cccc(C2C(=O)C=C[C@@H]2O)c1. The first kappa shape index (κ1) is 9.93. The van der Waals surface area contributed by atoms with Gasteiger partial charge in [0.25, 0.3) is 0 Å². The monoisotopic (exact) mass is 204 g/mol. The second-order valence-electron chi connectivity index (χ2n) is 3.51. The summed E-state index contributed by atoms with van der Waals surface area (Å²) in [6.07, 6.45) is 2.23. The fraction of sp³-hybridized carbons (Fsp3) is 0.250. The van der Waals surface area contributed by atoms with Gasteiger partial charge in [0.05, 0.1) is 19.1 Å². The van der Waals surface area contributed by atoms with E-state index in [1.54, 1.807) is 13.2 Å². The van der Waals surface area contributed by atoms with Gasteiger partial charge >= 0.3 is 0 Å². The zero-order chi connectivity index (χ0) is 10.8. The minimum Gasteiger partial charge on any atom is -0.497 e. The molecule has 0 heterocycles. The van der Waals surface area contributed by atoms with Gasteiger partial charge in [0.2, 0.25) is 0 Å². The second kappa shape index (κ2) is 3.87. The number of rotatable bonds is 2. The molecule has 2 rings (SSSR count). The summed E-state index contributed by atoms with van der Waals surface area (Å²) in [6, 6.07) is 7.22. The first-order chi connectivity index (χ1) is 7.22. The van der Waals surface area contributed by atoms with E-state index in [1.807, 2.05) is 18.2 Å². The number of carbonyl (C=O) groups is 1. The van der Waals surface area contributed by atoms with Crippen molar-refractivity contribution < 1.29 is 14.6 Å². The Kier molecular flexibility index (Phi) is 2.56. The summed E-state index contributed by atoms with van der Waals surface area (Å²) in [5, 5.41) is 9.63. The number of carbonyl (C=O) groups excluding carboxylic acids is 1. The van der Waals surface area contributed by atoms with Crippen molar-refractivity contribution in [1.82, 2.24) is 0 Å². The molecule has 2 atom stereocenters. The van der Waals surface area contributed by atoms with Gasteiger partial charge in [-0.1, -0.05) is 18.2 Å². The molecule has 0 saturated heterocycles. The van der Waals surface area contributed by atoms with E-state index >= 15 is 0 Å². The lowest BCUT2D eigenvalue weighted by atomic mass is 9.94. The van der Waals surface area contributed by atoms with Crippen molar-refractivity contribution in [1.29, 1.82) is 0 Å². The van der Waals surface area contributed by atoms with Crippen LogP contribution in [0.5, 0.6) is 5.75 Å². The number of hydrogen-bond donors (Lipinski definition) is 1. The van der Waals surface area contributed by atoms with Crippen LogP contribution in [-0.2, 0) is 4.79 Å². The Hall–Kier alpha value is -1.61. The molecule has 1 aliphatic carbocycles. The molecule has 1 aromatic carbocycles. The molecule has 1 unspecified atom stereocenters. The first-order valence-electron chi connectivity index (χ1n) is 4.76. The summed E-state index contributed by atoms with van der Waals surface area (Å²) < 4.78 is 5.07. The lowest BCUT2D eigenvalue weighted by Crippen LogP contribution is -2.17. The van der Waals surface area contributed by atoms with Gasteiger partial charge in [0.15, 0.2) is 5.78 Å². The molecule has 0 radical (unpaired) electrons. The Morgan fingerprint density at radius 3 is 2.80 bits per heavy atom. The average Bonchev–Trinajstić information content (AvgIpc) is 2.59. The maximum atomic E-state index is 11.5. The van der Waals surface area contributed by atoms with E-state index in [-0.39, 0.29) is 5.78 Å². The van der Waals surface area contributed by atoms with Crippen molar-refractivity contribution in [2.75, 3.05) is 7.11 Å². The molecule has 0 fully saturated rings. The molecule has 3 heteroatoms. The summed E-state index contributed by atoms with van der Waals surface area (Å²) in [5.74, 6) is 0.162. The molecule has 0 bridgehead atoms. The number of benzene rings is 1. The zero-order valence-electron chi connectivity index (χ0n) is 8.38. The molecule has 0 aliphatic heterocycles. The van der Waals surface area contributed by atoms with Crippen LogP contribution >= 0.6 is 0 Å². The van der Waals surface area contributed by atoms with E-state index in [4.69, 9.17) is 4.74 Å². The number of methoxy groups -OCH3 is 1. The minimum absolute atomic E-state index is 0.0595. The van der Waals surface area contributed by atoms with E-state index in [9.17, 15) is 9.90 Å². The summed E-state index contributed by atoms with van der Waals surface area (Å²) >= 11 is 0. The highest BCUT2D eigenvalue weighted by Crippen LogP contribution is 2.29. The highest BCUT2D eigenvalue weighted by molar-refractivity contribution is 5.98. The highest BCUT2D eigenvalue weighted by atomic mass is 16.5. The summed E-state index contributed by atoms with van der Waals surface area (Å²) in [5.41, 5.74) is 0.789. The topological polar surface area (TPSA) is 46.5 Å². The number of aliphatic hydroxyl groups is 1. The van der Waals surface area contributed by atoms with Crippen LogP contribution < -0.4 is 4.74 Å². The fourth-order valence-electron chi connectivity index (χ4n) is 1.77. The number of aliphatic hydroxyl groups excluding tert-OH is 1. The van der Waals surface area contributed by atoms with Crippen LogP contribution in [0.1, 0.15) is 11.5 Å². The number of ether oxygens (including phenoxy) is 1. The van der Waals surface area contributed by atoms with E-state index in [1.165, 1.54) is 12.2 Å². The van der Waals surface area contributed by atoms with E-state index in [2.05, 4.69) is 0 Å². The molecule has 0 spiro atoms. The Balaban J connectivity index is 2.33. The molecular formula is C12H12O3. The fourth-order valence-corrected chi connectivity index (χ4v) is 1.77. The minimum atomic E-state index is -0.718. The van der Waals surface area contributed by atoms with Gasteiger partial charge < -0.3 is 9.84 Å². The molecule has 1 aliphatic rings. The first-order valence-corrected chi connectivity index (χ1v) is 4.76. The molecule has 15 heavy (non-hydrogen) atoms. The van der Waals surface area contributed by atoms with Crippen LogP contribution in [0.3, 0.4) is 0 Å². The second-order valence-corrected chi connectivity index (χ2v) is 3.51. The van der Waals surface area contributed by atoms with Crippen LogP contribution in [0, 0.1) is 0 Å². The summed E-state index contributed by atoms with van der Waals surface area (Å²) in [4.78, 5) is 11.5. The highest BCUT2D eigenvalue weighted by Gasteiger charge is 2.30. The number of hydrogen-bond acceptors (Lipinski definition) is 3. The van der Waals surface area contributed by atoms with Crippen molar-refractivity contribution in [2.45, 2.75) is 12.0 Å². The van der Waals surface area contributed by atoms with Crippen LogP contribution in [0.2, 0.25) is 0 Å². The maximum Gasteiger partial charge on any atom is 0.165 e. The molecule has 1 aromatic rings. The number of ketones is 1. The lowest BCUT2D eigenvalue weighted by molar-refractivity contribution is -0.116. The van der Waals surface area contributed by atoms with Gasteiger partial charge in [0.1, 0.15) is 5.75 Å². The Morgan fingerprint density at radius 1 is 1.40 bits per heavy atom. The third-order valence-corrected chi connectivity index (χ3v) is 2.56. The van der Waals surface area contributed by atoms with Gasteiger partial charge in [-0.25, -0.2) is 0 Å². The normalized spacial score (nSPS) is 24.5. The third kappa shape index (κ3) is 1.78. The Labute approximate surface area is 88.0 Å². The van der Waals surface area contributed by atoms with Gasteiger partial charge in [-0.15, -0.1) is 0 Å². The van der Waals surface area contributed by atoms with Gasteiger partial charge in [-0.2, -0.15) is 0 Å². The Bertz CT molecular complexity index is 409. The van der Waals surface area contributed by atoms with Crippen molar-refractivity contribution in [3.63, 3.8) is 0 Å². The average molecular weight is 204 g/mol. The molecule has 1 N–H and O–H groups in total. The molecule has 0 saturated carbocycles. The lowest BCUT2D eigenvalue weighted by Gasteiger charge is -2.14. The van der Waals surface area contributed by atoms with Gasteiger partial charge in [-0.3, -0.25) is 4.79 Å². The quantitative estimate of drug-likeness (QED) is 0.789. The smallest absolute Gasteiger partial charge is 0.165 e. The van der Waals surface area contributed by atoms with Crippen LogP contribution in [0.15, 0.2) is 36.4 Å². The standard InChI is InChI=1S/C12H12O3/c1-15-9-4-2-3-8(7-9)12-10(13)5-6-11(12)14/h2-7,10,12-13H,1H3/t10-,12?/m0/s1. The van der Waals surface area contributed by atoms with E-state index < -0.39 is 12.0 Å². The molecular weight excluding hydrogens is 192 g/mol. The van der Waals surface area contributed by atoms with Crippen molar-refractivity contribution >= 4 is 5.78 Å². The zero-order valence-corrected chi connectivity index (χ0v) is 8.38. The van der Waals surface area contributed by atoms with Gasteiger partial charge in [0, 0.05) is 0 Å². The largest absolute Gasteiger partial charge is 0.497 e. The van der Waals surface area contributed by atoms with E-state index in [0.717, 1.165) is 5.56 Å². The Morgan fingerprint density at radius 2 is 2.20 bits per heavy atom. The van der Waals surface area contributed by atoms with Crippen molar-refractivity contribution in [3.05, 3.63) is 42.0 Å². The molecule has 0 amide bonds. The molecule has 3 nitrogen and oxygen atoms in total. The van der Waals surface area contributed by atoms with Crippen LogP contribution in [-0.4, -0.2) is 24.1 Å². The predicted octanol–water partition coefficient (Wildman–Crippen LogP) is 1.28. The molecule has 78 valence electrons. The van der Waals surface area contributed by atoms with E-state index in [0.29, 0.717) is 5.75 Å². The van der Waals surface area contributed by atoms with Crippen LogP contribution in [0.4, 0.5) is 0 Å². The molecule has 0 aromatic heterocycles. The van der Waals surface area contributed by atoms with Crippen molar-refractivity contribution in [3.8, 4) is 5.75 Å².